The van der Waals surface area contributed by atoms with E-state index in [1.165, 1.54) is 12.3 Å². The van der Waals surface area contributed by atoms with Gasteiger partial charge >= 0.3 is 0 Å². The van der Waals surface area contributed by atoms with Crippen LogP contribution >= 0.6 is 0 Å². The minimum absolute atomic E-state index is 0.258. The summed E-state index contributed by atoms with van der Waals surface area (Å²) in [6.45, 7) is 8.02. The van der Waals surface area contributed by atoms with Crippen LogP contribution < -0.4 is 0 Å². The number of halogens is 1. The van der Waals surface area contributed by atoms with Crippen LogP contribution in [0.15, 0.2) is 18.5 Å². The molecular weight excluding hydrogens is 153 g/mol. The standard InChI is InChI=1S/C8H10FN.C2H6/c1-6(2)7-3-8(9)5-10-4-7;1-2/h3-6H,1-2H3;1-2H3. The molecule has 0 amide bonds. The summed E-state index contributed by atoms with van der Waals surface area (Å²) in [7, 11) is 0. The van der Waals surface area contributed by atoms with Gasteiger partial charge < -0.3 is 0 Å². The first kappa shape index (κ1) is 11.1. The molecule has 2 heteroatoms. The topological polar surface area (TPSA) is 12.9 Å². The molecule has 0 radical (unpaired) electrons. The van der Waals surface area contributed by atoms with Gasteiger partial charge in [-0.2, -0.15) is 0 Å². The quantitative estimate of drug-likeness (QED) is 0.628. The zero-order valence-electron chi connectivity index (χ0n) is 8.13. The molecule has 0 aliphatic rings. The maximum atomic E-state index is 12.5. The third-order valence-electron chi connectivity index (χ3n) is 1.39. The first-order valence-electron chi connectivity index (χ1n) is 4.30. The average Bonchev–Trinajstić information content (AvgIpc) is 2.08. The van der Waals surface area contributed by atoms with Crippen molar-refractivity contribution in [1.29, 1.82) is 0 Å². The third-order valence-corrected chi connectivity index (χ3v) is 1.39. The van der Waals surface area contributed by atoms with Crippen LogP contribution in [0, 0.1) is 5.82 Å². The van der Waals surface area contributed by atoms with Gasteiger partial charge in [-0.15, -0.1) is 0 Å². The van der Waals surface area contributed by atoms with Crippen molar-refractivity contribution >= 4 is 0 Å². The maximum Gasteiger partial charge on any atom is 0.141 e. The number of rotatable bonds is 1. The number of hydrogen-bond donors (Lipinski definition) is 0. The van der Waals surface area contributed by atoms with Crippen LogP contribution in [0.1, 0.15) is 39.2 Å². The fourth-order valence-electron chi connectivity index (χ4n) is 0.744. The van der Waals surface area contributed by atoms with Gasteiger partial charge in [0.2, 0.25) is 0 Å². The Labute approximate surface area is 73.6 Å². The van der Waals surface area contributed by atoms with Crippen LogP contribution in [0.4, 0.5) is 4.39 Å². The molecule has 0 saturated heterocycles. The molecule has 1 heterocycles. The van der Waals surface area contributed by atoms with Crippen molar-refractivity contribution in [2.24, 2.45) is 0 Å². The van der Waals surface area contributed by atoms with E-state index in [1.54, 1.807) is 6.20 Å². The van der Waals surface area contributed by atoms with Crippen LogP contribution in [0.3, 0.4) is 0 Å². The zero-order valence-corrected chi connectivity index (χ0v) is 8.13. The van der Waals surface area contributed by atoms with Crippen LogP contribution in [0.2, 0.25) is 0 Å². The van der Waals surface area contributed by atoms with Gasteiger partial charge in [0.25, 0.3) is 0 Å². The lowest BCUT2D eigenvalue weighted by molar-refractivity contribution is 0.616. The number of pyridine rings is 1. The normalized spacial score (nSPS) is 9.17. The molecule has 68 valence electrons. The lowest BCUT2D eigenvalue weighted by Gasteiger charge is -2.02. The predicted octanol–water partition coefficient (Wildman–Crippen LogP) is 3.37. The Kier molecular flexibility index (Phi) is 5.26. The Morgan fingerprint density at radius 2 is 1.83 bits per heavy atom. The molecule has 1 rings (SSSR count). The van der Waals surface area contributed by atoms with Gasteiger partial charge in [0.1, 0.15) is 5.82 Å². The fraction of sp³-hybridized carbons (Fsp3) is 0.500. The van der Waals surface area contributed by atoms with E-state index in [4.69, 9.17) is 0 Å². The molecule has 0 spiro atoms. The van der Waals surface area contributed by atoms with Crippen molar-refractivity contribution < 1.29 is 4.39 Å². The number of aromatic nitrogens is 1. The highest BCUT2D eigenvalue weighted by atomic mass is 19.1. The molecule has 0 unspecified atom stereocenters. The monoisotopic (exact) mass is 169 g/mol. The Hall–Kier alpha value is -0.920. The molecule has 0 bridgehead atoms. The molecular formula is C10H16FN. The summed E-state index contributed by atoms with van der Waals surface area (Å²) < 4.78 is 12.5. The average molecular weight is 169 g/mol. The van der Waals surface area contributed by atoms with Crippen molar-refractivity contribution in [3.05, 3.63) is 29.8 Å². The Morgan fingerprint density at radius 1 is 1.25 bits per heavy atom. The van der Waals surface area contributed by atoms with Gasteiger partial charge in [-0.1, -0.05) is 27.7 Å². The summed E-state index contributed by atoms with van der Waals surface area (Å²) in [6, 6.07) is 1.51. The molecule has 0 atom stereocenters. The van der Waals surface area contributed by atoms with Crippen LogP contribution in [-0.2, 0) is 0 Å². The summed E-state index contributed by atoms with van der Waals surface area (Å²) in [5, 5.41) is 0. The number of hydrogen-bond acceptors (Lipinski definition) is 1. The SMILES string of the molecule is CC.CC(C)c1cncc(F)c1. The van der Waals surface area contributed by atoms with Gasteiger partial charge in [0.15, 0.2) is 0 Å². The lowest BCUT2D eigenvalue weighted by Crippen LogP contribution is -1.89. The Bertz CT molecular complexity index is 221. The van der Waals surface area contributed by atoms with E-state index in [1.807, 2.05) is 27.7 Å². The molecule has 1 aromatic heterocycles. The van der Waals surface area contributed by atoms with Gasteiger partial charge in [0.05, 0.1) is 6.20 Å². The maximum absolute atomic E-state index is 12.5. The first-order valence-corrected chi connectivity index (χ1v) is 4.30. The molecule has 0 aliphatic carbocycles. The van der Waals surface area contributed by atoms with Gasteiger partial charge in [-0.3, -0.25) is 4.98 Å². The third kappa shape index (κ3) is 3.46. The van der Waals surface area contributed by atoms with Crippen molar-refractivity contribution in [3.63, 3.8) is 0 Å². The predicted molar refractivity (Wildman–Crippen MR) is 49.6 cm³/mol. The summed E-state index contributed by atoms with van der Waals surface area (Å²) in [4.78, 5) is 3.73. The van der Waals surface area contributed by atoms with Crippen LogP contribution in [0.5, 0.6) is 0 Å². The summed E-state index contributed by atoms with van der Waals surface area (Å²) in [6.07, 6.45) is 2.90. The molecule has 0 N–H and O–H groups in total. The van der Waals surface area contributed by atoms with E-state index in [-0.39, 0.29) is 5.82 Å². The highest BCUT2D eigenvalue weighted by Crippen LogP contribution is 2.12. The van der Waals surface area contributed by atoms with E-state index >= 15 is 0 Å². The van der Waals surface area contributed by atoms with Crippen molar-refractivity contribution in [1.82, 2.24) is 4.98 Å². The van der Waals surface area contributed by atoms with E-state index in [0.29, 0.717) is 5.92 Å². The van der Waals surface area contributed by atoms with E-state index in [9.17, 15) is 4.39 Å². The second-order valence-corrected chi connectivity index (χ2v) is 2.59. The second kappa shape index (κ2) is 5.70. The molecule has 0 fully saturated rings. The second-order valence-electron chi connectivity index (χ2n) is 2.59. The van der Waals surface area contributed by atoms with Gasteiger partial charge in [0, 0.05) is 6.20 Å². The molecule has 0 aliphatic heterocycles. The van der Waals surface area contributed by atoms with Crippen molar-refractivity contribution in [3.8, 4) is 0 Å². The Morgan fingerprint density at radius 3 is 2.17 bits per heavy atom. The van der Waals surface area contributed by atoms with Crippen LogP contribution in [0.25, 0.3) is 0 Å². The molecule has 0 saturated carbocycles. The highest BCUT2D eigenvalue weighted by molar-refractivity contribution is 5.13. The highest BCUT2D eigenvalue weighted by Gasteiger charge is 1.99. The lowest BCUT2D eigenvalue weighted by atomic mass is 10.1. The van der Waals surface area contributed by atoms with E-state index < -0.39 is 0 Å². The fourth-order valence-corrected chi connectivity index (χ4v) is 0.744. The summed E-state index contributed by atoms with van der Waals surface area (Å²) >= 11 is 0. The smallest absolute Gasteiger partial charge is 0.141 e. The molecule has 0 aromatic carbocycles. The molecule has 1 nitrogen and oxygen atoms in total. The molecule has 12 heavy (non-hydrogen) atoms. The number of nitrogens with zero attached hydrogens (tertiary/aromatic N) is 1. The summed E-state index contributed by atoms with van der Waals surface area (Å²) in [5.74, 6) is 0.0920. The Balaban J connectivity index is 0.000000561. The minimum Gasteiger partial charge on any atom is -0.261 e. The zero-order chi connectivity index (χ0) is 9.56. The van der Waals surface area contributed by atoms with Crippen molar-refractivity contribution in [2.45, 2.75) is 33.6 Å². The minimum atomic E-state index is -0.258. The van der Waals surface area contributed by atoms with Gasteiger partial charge in [-0.25, -0.2) is 4.39 Å². The van der Waals surface area contributed by atoms with Crippen molar-refractivity contribution in [2.75, 3.05) is 0 Å². The van der Waals surface area contributed by atoms with Crippen LogP contribution in [-0.4, -0.2) is 4.98 Å². The first-order chi connectivity index (χ1) is 5.70. The largest absolute Gasteiger partial charge is 0.261 e. The van der Waals surface area contributed by atoms with E-state index in [2.05, 4.69) is 4.98 Å². The van der Waals surface area contributed by atoms with E-state index in [0.717, 1.165) is 5.56 Å². The van der Waals surface area contributed by atoms with Gasteiger partial charge in [-0.05, 0) is 17.5 Å². The summed E-state index contributed by atoms with van der Waals surface area (Å²) in [5.41, 5.74) is 0.944. The molecule has 1 aromatic rings.